The van der Waals surface area contributed by atoms with Gasteiger partial charge in [0.15, 0.2) is 29.3 Å². The zero-order chi connectivity index (χ0) is 48.9. The Hall–Kier alpha value is -3.10. The molecule has 0 atom stereocenters. The monoisotopic (exact) mass is 1080 g/mol. The van der Waals surface area contributed by atoms with Gasteiger partial charge in [0.1, 0.15) is 43.1 Å². The van der Waals surface area contributed by atoms with E-state index in [0.29, 0.717) is 61.1 Å². The highest BCUT2D eigenvalue weighted by Gasteiger charge is 2.28. The van der Waals surface area contributed by atoms with E-state index in [-0.39, 0.29) is 36.9 Å². The van der Waals surface area contributed by atoms with E-state index in [1.165, 1.54) is 31.1 Å². The number of hydrogen-bond acceptors (Lipinski definition) is 20. The molecule has 5 rings (SSSR count). The third-order valence-electron chi connectivity index (χ3n) is 7.30. The lowest BCUT2D eigenvalue weighted by molar-refractivity contribution is 0.127. The first-order valence-corrected chi connectivity index (χ1v) is 32.3. The molecule has 366 valence electrons. The second-order valence-corrected chi connectivity index (χ2v) is 32.4. The molecule has 5 aromatic rings. The third kappa shape index (κ3) is 22.0. The van der Waals surface area contributed by atoms with Crippen molar-refractivity contribution in [3.8, 4) is 0 Å². The molecule has 4 heterocycles. The summed E-state index contributed by atoms with van der Waals surface area (Å²) in [6, 6.07) is 6.16. The fraction of sp³-hybridized carbons (Fsp3) is 0.543. The zero-order valence-electron chi connectivity index (χ0n) is 37.6. The van der Waals surface area contributed by atoms with Crippen LogP contribution in [0.3, 0.4) is 0 Å². The van der Waals surface area contributed by atoms with Crippen LogP contribution >= 0.6 is 38.1 Å². The molecule has 0 saturated carbocycles. The van der Waals surface area contributed by atoms with Gasteiger partial charge in [0.25, 0.3) is 10.1 Å². The standard InChI is InChI=1S/C12H20N5O4P.C12H19O6PS.C8H12N5O4P.C3H9BrSi/c1-3-20-22(18,21-4-2)9-19-6-5-17-8-16-10-11(13)14-7-15-12(10)17;1-4-16-19(13,17-5-2)10-18-20(14,15)12-8-6-11(3)7-9-12;9-7-6-8(11-3-10-7)13(4-12-6)1-2-17-5-18(14,15)16;1-5(2,3)4/h7-8H,3-6,9H2,1-2H3,(H2,13,14,15);6-9H,4-5,10H2,1-3H3;3-4H,1-2,5H2,(H2,9,10,11)(H2,14,15,16);1-3H3. The van der Waals surface area contributed by atoms with E-state index in [0.717, 1.165) is 5.56 Å². The molecule has 0 unspecified atom stereocenters. The van der Waals surface area contributed by atoms with Crippen molar-refractivity contribution >= 4 is 88.9 Å². The quantitative estimate of drug-likeness (QED) is 0.0193. The maximum Gasteiger partial charge on any atom is 0.357 e. The van der Waals surface area contributed by atoms with Gasteiger partial charge >= 0.3 is 22.8 Å². The average Bonchev–Trinajstić information content (AvgIpc) is 3.83. The summed E-state index contributed by atoms with van der Waals surface area (Å²) in [6.07, 6.45) is 4.53. The molecule has 1 aromatic carbocycles. The highest BCUT2D eigenvalue weighted by molar-refractivity contribution is 9.26. The van der Waals surface area contributed by atoms with Crippen molar-refractivity contribution in [3.63, 3.8) is 0 Å². The van der Waals surface area contributed by atoms with Gasteiger partial charge in [0, 0.05) is 13.1 Å². The Morgan fingerprint density at radius 3 is 1.43 bits per heavy atom. The number of fused-ring (bicyclic) bond motifs is 2. The van der Waals surface area contributed by atoms with Crippen LogP contribution in [-0.4, -0.2) is 123 Å². The fourth-order valence-electron chi connectivity index (χ4n) is 4.73. The maximum absolute atomic E-state index is 12.2. The van der Waals surface area contributed by atoms with Crippen molar-refractivity contribution in [2.45, 2.75) is 72.2 Å². The molecule has 0 fully saturated rings. The maximum atomic E-state index is 12.2. The molecule has 65 heavy (non-hydrogen) atoms. The summed E-state index contributed by atoms with van der Waals surface area (Å²) in [4.78, 5) is 41.3. The van der Waals surface area contributed by atoms with Crippen LogP contribution < -0.4 is 11.5 Å². The van der Waals surface area contributed by atoms with Crippen LogP contribution in [0.25, 0.3) is 22.3 Å². The fourth-order valence-corrected chi connectivity index (χ4v) is 9.15. The highest BCUT2D eigenvalue weighted by atomic mass is 79.9. The first kappa shape index (κ1) is 58.0. The Kier molecular flexibility index (Phi) is 24.7. The second-order valence-electron chi connectivity index (χ2n) is 14.0. The lowest BCUT2D eigenvalue weighted by Gasteiger charge is -2.16. The number of aromatic nitrogens is 8. The molecule has 24 nitrogen and oxygen atoms in total. The van der Waals surface area contributed by atoms with Crippen molar-refractivity contribution in [1.82, 2.24) is 39.0 Å². The van der Waals surface area contributed by atoms with Crippen LogP contribution in [0.4, 0.5) is 11.6 Å². The molecule has 0 spiro atoms. The number of hydrogen-bond donors (Lipinski definition) is 4. The summed E-state index contributed by atoms with van der Waals surface area (Å²) < 4.78 is 97.5. The number of rotatable bonds is 22. The molecule has 0 radical (unpaired) electrons. The van der Waals surface area contributed by atoms with E-state index >= 15 is 0 Å². The summed E-state index contributed by atoms with van der Waals surface area (Å²) in [6.45, 7) is 16.8. The second kappa shape index (κ2) is 27.6. The van der Waals surface area contributed by atoms with E-state index in [2.05, 4.69) is 64.8 Å². The average molecular weight is 1080 g/mol. The van der Waals surface area contributed by atoms with Crippen molar-refractivity contribution < 1.29 is 63.7 Å². The van der Waals surface area contributed by atoms with E-state index in [1.807, 2.05) is 6.92 Å². The molecule has 0 bridgehead atoms. The lowest BCUT2D eigenvalue weighted by atomic mass is 10.2. The molecule has 0 aliphatic heterocycles. The summed E-state index contributed by atoms with van der Waals surface area (Å²) in [5.74, 6) is 0.622. The normalized spacial score (nSPS) is 12.2. The van der Waals surface area contributed by atoms with E-state index in [1.54, 1.807) is 55.3 Å². The topological polar surface area (TPSA) is 330 Å². The van der Waals surface area contributed by atoms with Crippen molar-refractivity contribution in [3.05, 3.63) is 55.1 Å². The van der Waals surface area contributed by atoms with Gasteiger partial charge in [-0.2, -0.15) is 8.42 Å². The van der Waals surface area contributed by atoms with Crippen LogP contribution in [0.2, 0.25) is 19.6 Å². The predicted molar refractivity (Wildman–Crippen MR) is 251 cm³/mol. The lowest BCUT2D eigenvalue weighted by Crippen LogP contribution is -2.10. The minimum atomic E-state index is -4.12. The summed E-state index contributed by atoms with van der Waals surface area (Å²) in [5.41, 5.74) is 14.5. The Morgan fingerprint density at radius 1 is 0.662 bits per heavy atom. The van der Waals surface area contributed by atoms with E-state index in [4.69, 9.17) is 53.0 Å². The predicted octanol–water partition coefficient (Wildman–Crippen LogP) is 6.35. The Morgan fingerprint density at radius 2 is 1.05 bits per heavy atom. The first-order chi connectivity index (χ1) is 30.4. The zero-order valence-corrected chi connectivity index (χ0v) is 43.6. The molecule has 0 amide bonds. The van der Waals surface area contributed by atoms with Crippen molar-refractivity contribution in [2.24, 2.45) is 0 Å². The summed E-state index contributed by atoms with van der Waals surface area (Å²) >= 11 is 3.51. The van der Waals surface area contributed by atoms with Gasteiger partial charge in [0.05, 0.1) is 57.2 Å². The molecular weight excluding hydrogens is 1020 g/mol. The number of nitrogen functional groups attached to an aromatic ring is 2. The number of aryl methyl sites for hydroxylation is 1. The Balaban J connectivity index is 0.000000319. The molecule has 4 aromatic heterocycles. The number of ether oxygens (including phenoxy) is 2. The largest absolute Gasteiger partial charge is 0.382 e. The Bertz CT molecular complexity index is 2430. The number of nitrogens with zero attached hydrogens (tertiary/aromatic N) is 8. The number of imidazole rings is 2. The summed E-state index contributed by atoms with van der Waals surface area (Å²) in [5, 5.41) is 0. The van der Waals surface area contributed by atoms with Crippen LogP contribution in [0, 0.1) is 6.92 Å². The minimum Gasteiger partial charge on any atom is -0.382 e. The van der Waals surface area contributed by atoms with Gasteiger partial charge in [-0.15, -0.1) is 15.3 Å². The van der Waals surface area contributed by atoms with E-state index < -0.39 is 52.3 Å². The Labute approximate surface area is 387 Å². The van der Waals surface area contributed by atoms with Crippen molar-refractivity contribution in [1.29, 1.82) is 0 Å². The molecular formula is C35H60BrN10O14P3SSi. The molecule has 6 N–H and O–H groups in total. The van der Waals surface area contributed by atoms with Gasteiger partial charge in [-0.05, 0) is 46.8 Å². The number of anilines is 2. The van der Waals surface area contributed by atoms with Gasteiger partial charge in [-0.25, -0.2) is 29.9 Å². The highest BCUT2D eigenvalue weighted by Crippen LogP contribution is 2.49. The smallest absolute Gasteiger partial charge is 0.357 e. The SMILES string of the molecule is CCOP(=O)(COCCn1cnc2c(N)ncnc21)OCC.CCOP(=O)(COS(=O)(=O)c1ccc(C)cc1)OCC.C[Si](C)(C)Br.Nc1ncnc2c1ncn2CCOCP(=O)(O)O. The van der Waals surface area contributed by atoms with Crippen LogP contribution in [0.15, 0.2) is 54.5 Å². The van der Waals surface area contributed by atoms with Gasteiger partial charge < -0.3 is 58.0 Å². The summed E-state index contributed by atoms with van der Waals surface area (Å²) in [7, 11) is -14.8. The van der Waals surface area contributed by atoms with Crippen molar-refractivity contribution in [2.75, 3.05) is 70.2 Å². The molecule has 0 saturated heterocycles. The molecule has 0 aliphatic carbocycles. The molecule has 30 heteroatoms. The number of nitrogens with two attached hydrogens (primary N) is 2. The third-order valence-corrected chi connectivity index (χ3v) is 12.8. The van der Waals surface area contributed by atoms with Gasteiger partial charge in [-0.3, -0.25) is 17.9 Å². The van der Waals surface area contributed by atoms with Crippen LogP contribution in [-0.2, 0) is 68.7 Å². The van der Waals surface area contributed by atoms with Crippen LogP contribution in [0.5, 0.6) is 0 Å². The van der Waals surface area contributed by atoms with Gasteiger partial charge in [-0.1, -0.05) is 37.3 Å². The van der Waals surface area contributed by atoms with Gasteiger partial charge in [0.2, 0.25) is 0 Å². The van der Waals surface area contributed by atoms with E-state index in [9.17, 15) is 22.1 Å². The number of benzene rings is 1. The van der Waals surface area contributed by atoms with Crippen LogP contribution in [0.1, 0.15) is 33.3 Å². The molecule has 0 aliphatic rings. The first-order valence-electron chi connectivity index (χ1n) is 19.8. The minimum absolute atomic E-state index is 0.00245. The number of halogens is 1.